The summed E-state index contributed by atoms with van der Waals surface area (Å²) in [5, 5.41) is 18.3. The number of phenols is 1. The van der Waals surface area contributed by atoms with E-state index in [1.807, 2.05) is 32.2 Å². The fourth-order valence-corrected chi connectivity index (χ4v) is 2.18. The number of rotatable bonds is 4. The standard InChI is InChI=1S/C16H17NO3/c1-11-9-14(18)7-8-15(11)17(2)10-12-3-5-13(6-4-12)16(19)20/h3-9,18H,10H2,1-2H3,(H,19,20). The van der Waals surface area contributed by atoms with Crippen LogP contribution in [-0.4, -0.2) is 23.2 Å². The average molecular weight is 271 g/mol. The van der Waals surface area contributed by atoms with Gasteiger partial charge < -0.3 is 15.1 Å². The quantitative estimate of drug-likeness (QED) is 0.897. The third-order valence-electron chi connectivity index (χ3n) is 3.21. The molecule has 0 radical (unpaired) electrons. The first-order chi connectivity index (χ1) is 9.47. The topological polar surface area (TPSA) is 60.8 Å². The van der Waals surface area contributed by atoms with E-state index < -0.39 is 5.97 Å². The number of nitrogens with zero attached hydrogens (tertiary/aromatic N) is 1. The molecule has 4 nitrogen and oxygen atoms in total. The van der Waals surface area contributed by atoms with Gasteiger partial charge in [0.15, 0.2) is 0 Å². The van der Waals surface area contributed by atoms with Gasteiger partial charge in [-0.05, 0) is 48.4 Å². The second kappa shape index (κ2) is 5.65. The van der Waals surface area contributed by atoms with E-state index >= 15 is 0 Å². The minimum atomic E-state index is -0.917. The van der Waals surface area contributed by atoms with Gasteiger partial charge in [0.2, 0.25) is 0 Å². The summed E-state index contributed by atoms with van der Waals surface area (Å²) < 4.78 is 0. The summed E-state index contributed by atoms with van der Waals surface area (Å²) in [6, 6.07) is 12.1. The Hall–Kier alpha value is -2.49. The number of carboxylic acids is 1. The second-order valence-electron chi connectivity index (χ2n) is 4.83. The van der Waals surface area contributed by atoms with Crippen molar-refractivity contribution in [2.24, 2.45) is 0 Å². The zero-order valence-electron chi connectivity index (χ0n) is 11.5. The molecule has 0 atom stereocenters. The Morgan fingerprint density at radius 3 is 2.35 bits per heavy atom. The summed E-state index contributed by atoms with van der Waals surface area (Å²) in [6.45, 7) is 2.62. The van der Waals surface area contributed by atoms with E-state index in [9.17, 15) is 9.90 Å². The van der Waals surface area contributed by atoms with Crippen LogP contribution in [0.2, 0.25) is 0 Å². The molecule has 2 aromatic carbocycles. The Morgan fingerprint density at radius 2 is 1.80 bits per heavy atom. The van der Waals surface area contributed by atoms with Crippen LogP contribution < -0.4 is 4.90 Å². The van der Waals surface area contributed by atoms with E-state index in [2.05, 4.69) is 4.90 Å². The predicted octanol–water partition coefficient (Wildman–Crippen LogP) is 3.04. The van der Waals surface area contributed by atoms with Crippen LogP contribution in [0.25, 0.3) is 0 Å². The smallest absolute Gasteiger partial charge is 0.335 e. The number of carboxylic acid groups (broad SMARTS) is 1. The van der Waals surface area contributed by atoms with Gasteiger partial charge in [0.05, 0.1) is 5.56 Å². The van der Waals surface area contributed by atoms with Crippen molar-refractivity contribution >= 4 is 11.7 Å². The molecule has 0 aliphatic rings. The summed E-state index contributed by atoms with van der Waals surface area (Å²) >= 11 is 0. The highest BCUT2D eigenvalue weighted by Gasteiger charge is 2.07. The van der Waals surface area contributed by atoms with Crippen molar-refractivity contribution in [1.82, 2.24) is 0 Å². The number of phenolic OH excluding ortho intramolecular Hbond substituents is 1. The zero-order valence-corrected chi connectivity index (χ0v) is 11.5. The summed E-state index contributed by atoms with van der Waals surface area (Å²) in [7, 11) is 1.96. The molecule has 0 unspecified atom stereocenters. The number of benzene rings is 2. The fourth-order valence-electron chi connectivity index (χ4n) is 2.18. The van der Waals surface area contributed by atoms with Crippen molar-refractivity contribution in [3.8, 4) is 5.75 Å². The van der Waals surface area contributed by atoms with Crippen LogP contribution in [-0.2, 0) is 6.54 Å². The molecule has 104 valence electrons. The van der Waals surface area contributed by atoms with Crippen LogP contribution in [0.5, 0.6) is 5.75 Å². The normalized spacial score (nSPS) is 10.3. The summed E-state index contributed by atoms with van der Waals surface area (Å²) in [5.74, 6) is -0.662. The Labute approximate surface area is 117 Å². The van der Waals surface area contributed by atoms with Crippen LogP contribution >= 0.6 is 0 Å². The Kier molecular flexibility index (Phi) is 3.94. The van der Waals surface area contributed by atoms with E-state index in [0.717, 1.165) is 16.8 Å². The molecular weight excluding hydrogens is 254 g/mol. The lowest BCUT2D eigenvalue weighted by atomic mass is 10.1. The summed E-state index contributed by atoms with van der Waals surface area (Å²) in [4.78, 5) is 12.9. The SMILES string of the molecule is Cc1cc(O)ccc1N(C)Cc1ccc(C(=O)O)cc1. The Morgan fingerprint density at radius 1 is 1.15 bits per heavy atom. The molecule has 20 heavy (non-hydrogen) atoms. The highest BCUT2D eigenvalue weighted by Crippen LogP contribution is 2.24. The van der Waals surface area contributed by atoms with Crippen molar-refractivity contribution in [3.05, 3.63) is 59.2 Å². The molecule has 0 spiro atoms. The minimum absolute atomic E-state index is 0.255. The predicted molar refractivity (Wildman–Crippen MR) is 78.4 cm³/mol. The van der Waals surface area contributed by atoms with Gasteiger partial charge in [-0.1, -0.05) is 12.1 Å². The lowest BCUT2D eigenvalue weighted by Crippen LogP contribution is -2.17. The van der Waals surface area contributed by atoms with E-state index in [-0.39, 0.29) is 11.3 Å². The molecule has 2 N–H and O–H groups in total. The van der Waals surface area contributed by atoms with Gasteiger partial charge in [-0.2, -0.15) is 0 Å². The largest absolute Gasteiger partial charge is 0.508 e. The molecule has 0 aromatic heterocycles. The maximum absolute atomic E-state index is 10.8. The lowest BCUT2D eigenvalue weighted by molar-refractivity contribution is 0.0697. The molecule has 2 aromatic rings. The van der Waals surface area contributed by atoms with E-state index in [0.29, 0.717) is 6.54 Å². The van der Waals surface area contributed by atoms with Gasteiger partial charge in [0.25, 0.3) is 0 Å². The van der Waals surface area contributed by atoms with Gasteiger partial charge >= 0.3 is 5.97 Å². The molecule has 0 aliphatic carbocycles. The molecule has 0 fully saturated rings. The van der Waals surface area contributed by atoms with Gasteiger partial charge in [0.1, 0.15) is 5.75 Å². The molecule has 2 rings (SSSR count). The van der Waals surface area contributed by atoms with Gasteiger partial charge in [-0.3, -0.25) is 0 Å². The first-order valence-electron chi connectivity index (χ1n) is 6.30. The van der Waals surface area contributed by atoms with Gasteiger partial charge in [0, 0.05) is 19.3 Å². The Bertz CT molecular complexity index is 620. The van der Waals surface area contributed by atoms with Crippen molar-refractivity contribution < 1.29 is 15.0 Å². The molecular formula is C16H17NO3. The third-order valence-corrected chi connectivity index (χ3v) is 3.21. The monoisotopic (exact) mass is 271 g/mol. The molecule has 0 saturated carbocycles. The van der Waals surface area contributed by atoms with Crippen molar-refractivity contribution in [2.75, 3.05) is 11.9 Å². The Balaban J connectivity index is 2.14. The highest BCUT2D eigenvalue weighted by molar-refractivity contribution is 5.87. The van der Waals surface area contributed by atoms with Gasteiger partial charge in [-0.25, -0.2) is 4.79 Å². The molecule has 0 saturated heterocycles. The number of hydrogen-bond acceptors (Lipinski definition) is 3. The minimum Gasteiger partial charge on any atom is -0.508 e. The van der Waals surface area contributed by atoms with Crippen molar-refractivity contribution in [3.63, 3.8) is 0 Å². The summed E-state index contributed by atoms with van der Waals surface area (Å²) in [6.07, 6.45) is 0. The van der Waals surface area contributed by atoms with E-state index in [1.165, 1.54) is 0 Å². The molecule has 4 heteroatoms. The van der Waals surface area contributed by atoms with Crippen LogP contribution in [0.3, 0.4) is 0 Å². The molecule has 0 heterocycles. The third kappa shape index (κ3) is 3.09. The van der Waals surface area contributed by atoms with E-state index in [4.69, 9.17) is 5.11 Å². The van der Waals surface area contributed by atoms with Crippen LogP contribution in [0.1, 0.15) is 21.5 Å². The molecule has 0 bridgehead atoms. The summed E-state index contributed by atoms with van der Waals surface area (Å²) in [5.41, 5.74) is 3.35. The van der Waals surface area contributed by atoms with Crippen LogP contribution in [0, 0.1) is 6.92 Å². The van der Waals surface area contributed by atoms with E-state index in [1.54, 1.807) is 24.3 Å². The number of carbonyl (C=O) groups is 1. The average Bonchev–Trinajstić information content (AvgIpc) is 2.39. The van der Waals surface area contributed by atoms with Crippen LogP contribution in [0.4, 0.5) is 5.69 Å². The number of aryl methyl sites for hydroxylation is 1. The number of hydrogen-bond donors (Lipinski definition) is 2. The lowest BCUT2D eigenvalue weighted by Gasteiger charge is -2.21. The van der Waals surface area contributed by atoms with Gasteiger partial charge in [-0.15, -0.1) is 0 Å². The maximum atomic E-state index is 10.8. The fraction of sp³-hybridized carbons (Fsp3) is 0.188. The number of anilines is 1. The zero-order chi connectivity index (χ0) is 14.7. The van der Waals surface area contributed by atoms with Crippen molar-refractivity contribution in [1.29, 1.82) is 0 Å². The maximum Gasteiger partial charge on any atom is 0.335 e. The first kappa shape index (κ1) is 13.9. The van der Waals surface area contributed by atoms with Crippen LogP contribution in [0.15, 0.2) is 42.5 Å². The second-order valence-corrected chi connectivity index (χ2v) is 4.83. The molecule has 0 amide bonds. The number of aromatic carboxylic acids is 1. The number of aromatic hydroxyl groups is 1. The first-order valence-corrected chi connectivity index (χ1v) is 6.30. The molecule has 0 aliphatic heterocycles. The van der Waals surface area contributed by atoms with Crippen molar-refractivity contribution in [2.45, 2.75) is 13.5 Å². The highest BCUT2D eigenvalue weighted by atomic mass is 16.4.